The lowest BCUT2D eigenvalue weighted by atomic mass is 10.2. The highest BCUT2D eigenvalue weighted by molar-refractivity contribution is 6.01. The second kappa shape index (κ2) is 3.55. The minimum atomic E-state index is -1.00. The van der Waals surface area contributed by atoms with Gasteiger partial charge < -0.3 is 14.4 Å². The number of nitrogens with zero attached hydrogens (tertiary/aromatic N) is 1. The van der Waals surface area contributed by atoms with Crippen molar-refractivity contribution < 1.29 is 19.2 Å². The van der Waals surface area contributed by atoms with Crippen molar-refractivity contribution in [1.82, 2.24) is 4.74 Å². The van der Waals surface area contributed by atoms with E-state index in [1.807, 2.05) is 12.2 Å². The molecule has 0 radical (unpaired) electrons. The summed E-state index contributed by atoms with van der Waals surface area (Å²) < 4.78 is 12.2. The first-order valence-corrected chi connectivity index (χ1v) is 5.11. The Morgan fingerprint density at radius 2 is 2.29 bits per heavy atom. The Morgan fingerprint density at radius 1 is 1.41 bits per heavy atom. The van der Waals surface area contributed by atoms with Gasteiger partial charge in [0.2, 0.25) is 5.88 Å². The van der Waals surface area contributed by atoms with Crippen LogP contribution in [-0.4, -0.2) is 22.4 Å². The molecule has 2 heterocycles. The minimum absolute atomic E-state index is 0.158. The SMILES string of the molecule is O=C(O)c1cccc2c1on2C1=CC=CCO1. The molecule has 0 bridgehead atoms. The molecule has 2 aromatic rings. The van der Waals surface area contributed by atoms with E-state index in [4.69, 9.17) is 14.4 Å². The van der Waals surface area contributed by atoms with Crippen molar-refractivity contribution in [3.8, 4) is 0 Å². The molecule has 1 aliphatic rings. The minimum Gasteiger partial charge on any atom is -0.478 e. The van der Waals surface area contributed by atoms with Gasteiger partial charge in [-0.3, -0.25) is 0 Å². The van der Waals surface area contributed by atoms with Crippen molar-refractivity contribution in [2.75, 3.05) is 6.61 Å². The third-order valence-electron chi connectivity index (χ3n) is 2.53. The molecule has 5 heteroatoms. The third-order valence-corrected chi connectivity index (χ3v) is 2.53. The van der Waals surface area contributed by atoms with Crippen LogP contribution in [0.1, 0.15) is 10.4 Å². The van der Waals surface area contributed by atoms with Crippen molar-refractivity contribution in [3.05, 3.63) is 42.0 Å². The first kappa shape index (κ1) is 9.77. The lowest BCUT2D eigenvalue weighted by Gasteiger charge is -2.18. The molecular formula is C12H9NO4. The van der Waals surface area contributed by atoms with Crippen LogP contribution < -0.4 is 0 Å². The van der Waals surface area contributed by atoms with Gasteiger partial charge in [0.1, 0.15) is 17.7 Å². The largest absolute Gasteiger partial charge is 0.478 e. The van der Waals surface area contributed by atoms with Crippen molar-refractivity contribution in [3.63, 3.8) is 0 Å². The average molecular weight is 231 g/mol. The molecule has 0 fully saturated rings. The monoisotopic (exact) mass is 231 g/mol. The van der Waals surface area contributed by atoms with E-state index in [-0.39, 0.29) is 5.56 Å². The molecule has 0 saturated carbocycles. The molecular weight excluding hydrogens is 222 g/mol. The van der Waals surface area contributed by atoms with Crippen LogP contribution in [-0.2, 0) is 4.74 Å². The van der Waals surface area contributed by atoms with Crippen LogP contribution in [0.5, 0.6) is 0 Å². The Kier molecular flexibility index (Phi) is 2.04. The Hall–Kier alpha value is -2.43. The predicted molar refractivity (Wildman–Crippen MR) is 60.5 cm³/mol. The van der Waals surface area contributed by atoms with Gasteiger partial charge in [0.25, 0.3) is 0 Å². The molecule has 0 saturated heterocycles. The molecule has 86 valence electrons. The van der Waals surface area contributed by atoms with Crippen molar-refractivity contribution in [2.45, 2.75) is 0 Å². The molecule has 0 amide bonds. The van der Waals surface area contributed by atoms with E-state index in [9.17, 15) is 4.79 Å². The second-order valence-corrected chi connectivity index (χ2v) is 3.59. The Bertz CT molecular complexity index is 645. The zero-order valence-corrected chi connectivity index (χ0v) is 8.79. The summed E-state index contributed by atoms with van der Waals surface area (Å²) in [5, 5.41) is 8.97. The molecule has 0 aliphatic carbocycles. The highest BCUT2D eigenvalue weighted by Crippen LogP contribution is 2.27. The van der Waals surface area contributed by atoms with Crippen LogP contribution in [0.2, 0.25) is 0 Å². The maximum absolute atomic E-state index is 10.9. The van der Waals surface area contributed by atoms with E-state index in [2.05, 4.69) is 0 Å². The van der Waals surface area contributed by atoms with Gasteiger partial charge in [0.15, 0.2) is 5.58 Å². The van der Waals surface area contributed by atoms with Gasteiger partial charge in [-0.2, -0.15) is 0 Å². The summed E-state index contributed by atoms with van der Waals surface area (Å²) in [6.07, 6.45) is 5.50. The zero-order valence-electron chi connectivity index (χ0n) is 8.79. The molecule has 1 aromatic heterocycles. The summed E-state index contributed by atoms with van der Waals surface area (Å²) in [6, 6.07) is 4.97. The van der Waals surface area contributed by atoms with Crippen LogP contribution >= 0.6 is 0 Å². The summed E-state index contributed by atoms with van der Waals surface area (Å²) in [5.74, 6) is -0.442. The third kappa shape index (κ3) is 1.44. The van der Waals surface area contributed by atoms with Gasteiger partial charge in [-0.1, -0.05) is 12.1 Å². The van der Waals surface area contributed by atoms with E-state index in [0.717, 1.165) is 0 Å². The van der Waals surface area contributed by atoms with Gasteiger partial charge in [-0.15, -0.1) is 4.74 Å². The van der Waals surface area contributed by atoms with Crippen LogP contribution in [0.4, 0.5) is 0 Å². The van der Waals surface area contributed by atoms with E-state index in [1.54, 1.807) is 18.2 Å². The van der Waals surface area contributed by atoms with Crippen molar-refractivity contribution >= 4 is 23.0 Å². The normalized spacial score (nSPS) is 14.7. The number of carbonyl (C=O) groups is 1. The fraction of sp³-hybridized carbons (Fsp3) is 0.0833. The number of aromatic nitrogens is 1. The van der Waals surface area contributed by atoms with Gasteiger partial charge >= 0.3 is 5.97 Å². The average Bonchev–Trinajstić information content (AvgIpc) is 2.31. The molecule has 1 N–H and O–H groups in total. The summed E-state index contributed by atoms with van der Waals surface area (Å²) in [4.78, 5) is 10.9. The number of carboxylic acids is 1. The van der Waals surface area contributed by atoms with Gasteiger partial charge in [-0.05, 0) is 18.2 Å². The van der Waals surface area contributed by atoms with Crippen molar-refractivity contribution in [1.29, 1.82) is 0 Å². The van der Waals surface area contributed by atoms with Crippen LogP contribution in [0.25, 0.3) is 17.0 Å². The van der Waals surface area contributed by atoms with Crippen LogP contribution in [0.3, 0.4) is 0 Å². The second-order valence-electron chi connectivity index (χ2n) is 3.59. The quantitative estimate of drug-likeness (QED) is 0.861. The predicted octanol–water partition coefficient (Wildman–Crippen LogP) is 2.32. The first-order valence-electron chi connectivity index (χ1n) is 5.11. The summed E-state index contributed by atoms with van der Waals surface area (Å²) >= 11 is 0. The number of rotatable bonds is 2. The van der Waals surface area contributed by atoms with Crippen LogP contribution in [0, 0.1) is 0 Å². The highest BCUT2D eigenvalue weighted by Gasteiger charge is 2.20. The maximum Gasteiger partial charge on any atom is 0.339 e. The molecule has 3 rings (SSSR count). The maximum atomic E-state index is 10.9. The number of allylic oxidation sites excluding steroid dienone is 2. The number of aromatic carboxylic acids is 1. The molecule has 17 heavy (non-hydrogen) atoms. The molecule has 5 nitrogen and oxygen atoms in total. The molecule has 0 atom stereocenters. The number of ether oxygens (including phenoxy) is 1. The standard InChI is InChI=1S/C12H9NO4/c14-12(15)8-4-3-5-9-11(8)17-13(9)10-6-1-2-7-16-10/h1-6H,7H2,(H,14,15). The fourth-order valence-corrected chi connectivity index (χ4v) is 1.73. The lowest BCUT2D eigenvalue weighted by molar-refractivity contribution is 0.0695. The van der Waals surface area contributed by atoms with E-state index < -0.39 is 5.97 Å². The summed E-state index contributed by atoms with van der Waals surface area (Å²) in [7, 11) is 0. The molecule has 0 spiro atoms. The Morgan fingerprint density at radius 3 is 3.00 bits per heavy atom. The number of hydrogen-bond acceptors (Lipinski definition) is 3. The van der Waals surface area contributed by atoms with Gasteiger partial charge in [-0.25, -0.2) is 4.79 Å². The van der Waals surface area contributed by atoms with E-state index in [0.29, 0.717) is 23.6 Å². The zero-order chi connectivity index (χ0) is 11.8. The highest BCUT2D eigenvalue weighted by atomic mass is 16.6. The summed E-state index contributed by atoms with van der Waals surface area (Å²) in [6.45, 7) is 0.486. The Balaban J connectivity index is 2.10. The Labute approximate surface area is 96.2 Å². The van der Waals surface area contributed by atoms with E-state index in [1.165, 1.54) is 10.8 Å². The van der Waals surface area contributed by atoms with Gasteiger partial charge in [0.05, 0.1) is 0 Å². The van der Waals surface area contributed by atoms with Crippen LogP contribution in [0.15, 0.2) is 41.0 Å². The first-order chi connectivity index (χ1) is 8.27. The van der Waals surface area contributed by atoms with Gasteiger partial charge in [0, 0.05) is 6.08 Å². The topological polar surface area (TPSA) is 64.6 Å². The molecule has 1 aliphatic heterocycles. The number of hydrogen-bond donors (Lipinski definition) is 1. The number of fused-ring (bicyclic) bond motifs is 1. The fourth-order valence-electron chi connectivity index (χ4n) is 1.73. The lowest BCUT2D eigenvalue weighted by Crippen LogP contribution is -2.11. The smallest absolute Gasteiger partial charge is 0.339 e. The number of para-hydroxylation sites is 1. The molecule has 0 unspecified atom stereocenters. The molecule has 1 aromatic carbocycles. The van der Waals surface area contributed by atoms with E-state index >= 15 is 0 Å². The number of benzene rings is 1. The van der Waals surface area contributed by atoms with Crippen molar-refractivity contribution in [2.24, 2.45) is 0 Å². The number of carboxylic acid groups (broad SMARTS) is 1. The summed E-state index contributed by atoms with van der Waals surface area (Å²) in [5.41, 5.74) is 1.23.